The van der Waals surface area contributed by atoms with E-state index in [1.165, 1.54) is 18.4 Å². The van der Waals surface area contributed by atoms with Crippen molar-refractivity contribution in [3.05, 3.63) is 29.8 Å². The SMILES string of the molecule is COc1cccc(C2CC(NCC(C)(C)CO)C2)c1. The van der Waals surface area contributed by atoms with Gasteiger partial charge in [-0.3, -0.25) is 0 Å². The lowest BCUT2D eigenvalue weighted by atomic mass is 9.75. The van der Waals surface area contributed by atoms with E-state index in [1.807, 2.05) is 6.07 Å². The van der Waals surface area contributed by atoms with E-state index < -0.39 is 0 Å². The molecule has 1 saturated carbocycles. The first-order chi connectivity index (χ1) is 9.04. The number of methoxy groups -OCH3 is 1. The molecule has 1 aromatic carbocycles. The molecule has 0 heterocycles. The van der Waals surface area contributed by atoms with Gasteiger partial charge in [-0.15, -0.1) is 0 Å². The summed E-state index contributed by atoms with van der Waals surface area (Å²) < 4.78 is 5.26. The lowest BCUT2D eigenvalue weighted by Crippen LogP contribution is -2.45. The molecule has 0 spiro atoms. The Hall–Kier alpha value is -1.06. The number of rotatable bonds is 6. The van der Waals surface area contributed by atoms with Crippen molar-refractivity contribution >= 4 is 0 Å². The average molecular weight is 263 g/mol. The second kappa shape index (κ2) is 5.93. The second-order valence-corrected chi connectivity index (χ2v) is 6.35. The van der Waals surface area contributed by atoms with Crippen molar-refractivity contribution in [1.29, 1.82) is 0 Å². The van der Waals surface area contributed by atoms with Crippen LogP contribution in [-0.4, -0.2) is 31.4 Å². The quantitative estimate of drug-likeness (QED) is 0.829. The molecule has 106 valence electrons. The van der Waals surface area contributed by atoms with Gasteiger partial charge >= 0.3 is 0 Å². The molecule has 0 aromatic heterocycles. The lowest BCUT2D eigenvalue weighted by Gasteiger charge is -2.38. The number of ether oxygens (including phenoxy) is 1. The molecule has 1 aromatic rings. The van der Waals surface area contributed by atoms with Crippen LogP contribution in [0.4, 0.5) is 0 Å². The standard InChI is InChI=1S/C16H25NO2/c1-16(2,11-18)10-17-14-7-13(8-14)12-5-4-6-15(9-12)19-3/h4-6,9,13-14,17-18H,7-8,10-11H2,1-3H3. The normalized spacial score (nSPS) is 22.9. The molecule has 0 unspecified atom stereocenters. The van der Waals surface area contributed by atoms with Crippen molar-refractivity contribution in [3.63, 3.8) is 0 Å². The summed E-state index contributed by atoms with van der Waals surface area (Å²) in [5, 5.41) is 12.8. The van der Waals surface area contributed by atoms with E-state index in [-0.39, 0.29) is 12.0 Å². The van der Waals surface area contributed by atoms with Gasteiger partial charge in [0.25, 0.3) is 0 Å². The minimum Gasteiger partial charge on any atom is -0.497 e. The van der Waals surface area contributed by atoms with Crippen LogP contribution in [-0.2, 0) is 0 Å². The van der Waals surface area contributed by atoms with Gasteiger partial charge in [-0.25, -0.2) is 0 Å². The molecule has 2 rings (SSSR count). The van der Waals surface area contributed by atoms with E-state index in [0.29, 0.717) is 12.0 Å². The lowest BCUT2D eigenvalue weighted by molar-refractivity contribution is 0.143. The number of hydrogen-bond acceptors (Lipinski definition) is 3. The summed E-state index contributed by atoms with van der Waals surface area (Å²) in [6, 6.07) is 8.95. The monoisotopic (exact) mass is 263 g/mol. The second-order valence-electron chi connectivity index (χ2n) is 6.35. The minimum atomic E-state index is -0.0267. The van der Waals surface area contributed by atoms with Gasteiger partial charge in [0.2, 0.25) is 0 Å². The third-order valence-electron chi connectivity index (χ3n) is 4.00. The highest BCUT2D eigenvalue weighted by Crippen LogP contribution is 2.38. The number of nitrogens with one attached hydrogen (secondary N) is 1. The van der Waals surface area contributed by atoms with E-state index in [2.05, 4.69) is 37.4 Å². The number of aliphatic hydroxyl groups is 1. The van der Waals surface area contributed by atoms with Crippen molar-refractivity contribution in [1.82, 2.24) is 5.32 Å². The van der Waals surface area contributed by atoms with Crippen molar-refractivity contribution < 1.29 is 9.84 Å². The fourth-order valence-electron chi connectivity index (χ4n) is 2.43. The zero-order valence-corrected chi connectivity index (χ0v) is 12.1. The third-order valence-corrected chi connectivity index (χ3v) is 4.00. The molecule has 1 fully saturated rings. The highest BCUT2D eigenvalue weighted by atomic mass is 16.5. The van der Waals surface area contributed by atoms with Gasteiger partial charge in [-0.2, -0.15) is 0 Å². The first kappa shape index (κ1) is 14.4. The maximum absolute atomic E-state index is 9.23. The van der Waals surface area contributed by atoms with Crippen LogP contribution in [0.3, 0.4) is 0 Å². The van der Waals surface area contributed by atoms with E-state index in [4.69, 9.17) is 4.74 Å². The van der Waals surface area contributed by atoms with E-state index in [1.54, 1.807) is 7.11 Å². The topological polar surface area (TPSA) is 41.5 Å². The maximum atomic E-state index is 9.23. The van der Waals surface area contributed by atoms with Crippen LogP contribution in [0.1, 0.15) is 38.2 Å². The number of aliphatic hydroxyl groups excluding tert-OH is 1. The Morgan fingerprint density at radius 2 is 2.11 bits per heavy atom. The molecule has 0 saturated heterocycles. The highest BCUT2D eigenvalue weighted by Gasteiger charge is 2.31. The predicted molar refractivity (Wildman–Crippen MR) is 77.6 cm³/mol. The number of hydrogen-bond donors (Lipinski definition) is 2. The van der Waals surface area contributed by atoms with Crippen molar-refractivity contribution in [2.24, 2.45) is 5.41 Å². The molecule has 0 atom stereocenters. The minimum absolute atomic E-state index is 0.0267. The van der Waals surface area contributed by atoms with E-state index >= 15 is 0 Å². The summed E-state index contributed by atoms with van der Waals surface area (Å²) in [6.07, 6.45) is 2.35. The summed E-state index contributed by atoms with van der Waals surface area (Å²) in [4.78, 5) is 0. The Balaban J connectivity index is 1.79. The zero-order chi connectivity index (χ0) is 13.9. The van der Waals surface area contributed by atoms with Crippen LogP contribution in [0.5, 0.6) is 5.75 Å². The summed E-state index contributed by atoms with van der Waals surface area (Å²) >= 11 is 0. The molecule has 1 aliphatic rings. The predicted octanol–water partition coefficient (Wildman–Crippen LogP) is 2.55. The van der Waals surface area contributed by atoms with Gasteiger partial charge in [-0.05, 0) is 36.5 Å². The molecule has 19 heavy (non-hydrogen) atoms. The van der Waals surface area contributed by atoms with Crippen LogP contribution in [0, 0.1) is 5.41 Å². The molecule has 3 heteroatoms. The van der Waals surface area contributed by atoms with Crippen molar-refractivity contribution in [3.8, 4) is 5.75 Å². The van der Waals surface area contributed by atoms with Crippen molar-refractivity contribution in [2.45, 2.75) is 38.6 Å². The van der Waals surface area contributed by atoms with Crippen LogP contribution in [0.25, 0.3) is 0 Å². The Labute approximate surface area is 116 Å². The van der Waals surface area contributed by atoms with Gasteiger partial charge in [0.1, 0.15) is 5.75 Å². The molecular formula is C16H25NO2. The molecule has 0 bridgehead atoms. The summed E-state index contributed by atoms with van der Waals surface area (Å²) in [5.74, 6) is 1.58. The smallest absolute Gasteiger partial charge is 0.119 e. The molecule has 1 aliphatic carbocycles. The van der Waals surface area contributed by atoms with Gasteiger partial charge in [0, 0.05) is 24.6 Å². The van der Waals surface area contributed by atoms with E-state index in [0.717, 1.165) is 12.3 Å². The Bertz CT molecular complexity index is 411. The van der Waals surface area contributed by atoms with Crippen LogP contribution < -0.4 is 10.1 Å². The Morgan fingerprint density at radius 1 is 1.37 bits per heavy atom. The third kappa shape index (κ3) is 3.71. The molecule has 3 nitrogen and oxygen atoms in total. The van der Waals surface area contributed by atoms with Gasteiger partial charge in [0.05, 0.1) is 7.11 Å². The summed E-state index contributed by atoms with van der Waals surface area (Å²) in [5.41, 5.74) is 1.35. The Morgan fingerprint density at radius 3 is 2.74 bits per heavy atom. The van der Waals surface area contributed by atoms with Crippen LogP contribution >= 0.6 is 0 Å². The number of benzene rings is 1. The highest BCUT2D eigenvalue weighted by molar-refractivity contribution is 5.32. The first-order valence-corrected chi connectivity index (χ1v) is 7.02. The fourth-order valence-corrected chi connectivity index (χ4v) is 2.43. The first-order valence-electron chi connectivity index (χ1n) is 7.02. The largest absolute Gasteiger partial charge is 0.497 e. The average Bonchev–Trinajstić information content (AvgIpc) is 2.37. The van der Waals surface area contributed by atoms with Gasteiger partial charge in [-0.1, -0.05) is 26.0 Å². The van der Waals surface area contributed by atoms with Gasteiger partial charge in [0.15, 0.2) is 0 Å². The molecular weight excluding hydrogens is 238 g/mol. The van der Waals surface area contributed by atoms with E-state index in [9.17, 15) is 5.11 Å². The summed E-state index contributed by atoms with van der Waals surface area (Å²) in [6.45, 7) is 5.27. The Kier molecular flexibility index (Phi) is 4.48. The van der Waals surface area contributed by atoms with Crippen LogP contribution in [0.15, 0.2) is 24.3 Å². The molecule has 0 amide bonds. The zero-order valence-electron chi connectivity index (χ0n) is 12.1. The van der Waals surface area contributed by atoms with Crippen molar-refractivity contribution in [2.75, 3.05) is 20.3 Å². The molecule has 2 N–H and O–H groups in total. The maximum Gasteiger partial charge on any atom is 0.119 e. The van der Waals surface area contributed by atoms with Gasteiger partial charge < -0.3 is 15.2 Å². The molecule has 0 aliphatic heterocycles. The summed E-state index contributed by atoms with van der Waals surface area (Å²) in [7, 11) is 1.71. The van der Waals surface area contributed by atoms with Crippen LogP contribution in [0.2, 0.25) is 0 Å². The molecule has 0 radical (unpaired) electrons. The fraction of sp³-hybridized carbons (Fsp3) is 0.625.